The lowest BCUT2D eigenvalue weighted by Crippen LogP contribution is -2.27. The predicted molar refractivity (Wildman–Crippen MR) is 82.1 cm³/mol. The summed E-state index contributed by atoms with van der Waals surface area (Å²) in [5.41, 5.74) is 8.55. The molecule has 2 rings (SSSR count). The highest BCUT2D eigenvalue weighted by molar-refractivity contribution is 5.27. The largest absolute Gasteiger partial charge is 0.326 e. The third-order valence-corrected chi connectivity index (χ3v) is 4.55. The van der Waals surface area contributed by atoms with E-state index in [9.17, 15) is 0 Å². The zero-order chi connectivity index (χ0) is 13.5. The quantitative estimate of drug-likeness (QED) is 0.881. The predicted octanol–water partition coefficient (Wildman–Crippen LogP) is 3.20. The van der Waals surface area contributed by atoms with Gasteiger partial charge in [-0.05, 0) is 55.8 Å². The molecule has 0 aromatic heterocycles. The number of nitrogens with zero attached hydrogens (tertiary/aromatic N) is 1. The molecule has 2 nitrogen and oxygen atoms in total. The molecule has 0 saturated carbocycles. The molecule has 1 aliphatic heterocycles. The number of hydrogen-bond acceptors (Lipinski definition) is 2. The third kappa shape index (κ3) is 4.32. The Labute approximate surface area is 118 Å². The Morgan fingerprint density at radius 3 is 2.68 bits per heavy atom. The first-order valence-electron chi connectivity index (χ1n) is 7.82. The Bertz CT molecular complexity index is 375. The van der Waals surface area contributed by atoms with Gasteiger partial charge in [0, 0.05) is 13.1 Å². The van der Waals surface area contributed by atoms with Crippen molar-refractivity contribution >= 4 is 0 Å². The van der Waals surface area contributed by atoms with Crippen LogP contribution in [0, 0.1) is 5.92 Å². The molecule has 1 aromatic carbocycles. The van der Waals surface area contributed by atoms with Crippen molar-refractivity contribution in [1.82, 2.24) is 4.90 Å². The molecule has 1 heterocycles. The fraction of sp³-hybridized carbons (Fsp3) is 0.647. The van der Waals surface area contributed by atoms with Crippen molar-refractivity contribution in [2.45, 2.75) is 45.6 Å². The maximum Gasteiger partial charge on any atom is 0.0180 e. The maximum absolute atomic E-state index is 5.81. The van der Waals surface area contributed by atoms with E-state index >= 15 is 0 Å². The van der Waals surface area contributed by atoms with Crippen molar-refractivity contribution in [2.24, 2.45) is 11.7 Å². The minimum atomic E-state index is 0.661. The van der Waals surface area contributed by atoms with Gasteiger partial charge >= 0.3 is 0 Å². The summed E-state index contributed by atoms with van der Waals surface area (Å²) < 4.78 is 0. The molecular formula is C17H28N2. The van der Waals surface area contributed by atoms with E-state index in [-0.39, 0.29) is 0 Å². The number of rotatable bonds is 5. The van der Waals surface area contributed by atoms with E-state index in [2.05, 4.69) is 36.1 Å². The van der Waals surface area contributed by atoms with E-state index in [1.165, 1.54) is 56.4 Å². The first-order valence-corrected chi connectivity index (χ1v) is 7.82. The average Bonchev–Trinajstić information content (AvgIpc) is 2.70. The maximum atomic E-state index is 5.81. The second kappa shape index (κ2) is 7.66. The van der Waals surface area contributed by atoms with Crippen LogP contribution in [0.4, 0.5) is 0 Å². The number of benzene rings is 1. The topological polar surface area (TPSA) is 29.3 Å². The van der Waals surface area contributed by atoms with Crippen LogP contribution >= 0.6 is 0 Å². The third-order valence-electron chi connectivity index (χ3n) is 4.55. The highest BCUT2D eigenvalue weighted by Gasteiger charge is 2.15. The van der Waals surface area contributed by atoms with Crippen LogP contribution < -0.4 is 5.73 Å². The summed E-state index contributed by atoms with van der Waals surface area (Å²) >= 11 is 0. The molecule has 0 aliphatic carbocycles. The Morgan fingerprint density at radius 1 is 1.16 bits per heavy atom. The lowest BCUT2D eigenvalue weighted by Gasteiger charge is -2.20. The van der Waals surface area contributed by atoms with E-state index in [0.717, 1.165) is 12.3 Å². The Balaban J connectivity index is 1.84. The van der Waals surface area contributed by atoms with E-state index in [0.29, 0.717) is 6.54 Å². The van der Waals surface area contributed by atoms with Crippen molar-refractivity contribution in [3.05, 3.63) is 35.4 Å². The number of nitrogens with two attached hydrogens (primary N) is 1. The molecule has 19 heavy (non-hydrogen) atoms. The van der Waals surface area contributed by atoms with Crippen molar-refractivity contribution in [1.29, 1.82) is 0 Å². The summed E-state index contributed by atoms with van der Waals surface area (Å²) in [5, 5.41) is 0. The number of hydrogen-bond donors (Lipinski definition) is 1. The molecule has 1 saturated heterocycles. The SMILES string of the molecule is CCC1CCCN(CCc2ccccc2CN)CC1. The molecule has 106 valence electrons. The Kier molecular flexibility index (Phi) is 5.87. The van der Waals surface area contributed by atoms with E-state index in [1.54, 1.807) is 0 Å². The van der Waals surface area contributed by atoms with Gasteiger partial charge in [-0.15, -0.1) is 0 Å². The van der Waals surface area contributed by atoms with Crippen LogP contribution in [0.5, 0.6) is 0 Å². The standard InChI is InChI=1S/C17H28N2/c1-2-15-6-5-11-19(12-9-15)13-10-16-7-3-4-8-17(16)14-18/h3-4,7-8,15H,2,5-6,9-14,18H2,1H3. The van der Waals surface area contributed by atoms with Gasteiger partial charge in [0.05, 0.1) is 0 Å². The van der Waals surface area contributed by atoms with Crippen molar-refractivity contribution < 1.29 is 0 Å². The second-order valence-corrected chi connectivity index (χ2v) is 5.77. The lowest BCUT2D eigenvalue weighted by molar-refractivity contribution is 0.283. The molecule has 0 bridgehead atoms. The fourth-order valence-electron chi connectivity index (χ4n) is 3.14. The highest BCUT2D eigenvalue weighted by atomic mass is 15.1. The van der Waals surface area contributed by atoms with E-state index < -0.39 is 0 Å². The van der Waals surface area contributed by atoms with E-state index in [1.807, 2.05) is 0 Å². The summed E-state index contributed by atoms with van der Waals surface area (Å²) in [6.07, 6.45) is 6.67. The van der Waals surface area contributed by atoms with Gasteiger partial charge in [-0.2, -0.15) is 0 Å². The summed E-state index contributed by atoms with van der Waals surface area (Å²) in [6.45, 7) is 6.74. The van der Waals surface area contributed by atoms with Crippen LogP contribution in [-0.2, 0) is 13.0 Å². The van der Waals surface area contributed by atoms with Crippen molar-refractivity contribution in [3.8, 4) is 0 Å². The van der Waals surface area contributed by atoms with Crippen LogP contribution in [0.2, 0.25) is 0 Å². The smallest absolute Gasteiger partial charge is 0.0180 e. The molecule has 1 aromatic rings. The Hall–Kier alpha value is -0.860. The molecule has 2 heteroatoms. The summed E-state index contributed by atoms with van der Waals surface area (Å²) in [6, 6.07) is 8.60. The van der Waals surface area contributed by atoms with Gasteiger partial charge in [-0.25, -0.2) is 0 Å². The zero-order valence-electron chi connectivity index (χ0n) is 12.3. The molecule has 0 spiro atoms. The average molecular weight is 260 g/mol. The van der Waals surface area contributed by atoms with Gasteiger partial charge in [0.1, 0.15) is 0 Å². The molecule has 1 aliphatic rings. The molecule has 2 N–H and O–H groups in total. The minimum Gasteiger partial charge on any atom is -0.326 e. The van der Waals surface area contributed by atoms with Crippen LogP contribution in [-0.4, -0.2) is 24.5 Å². The molecule has 1 atom stereocenters. The normalized spacial score (nSPS) is 21.3. The van der Waals surface area contributed by atoms with Gasteiger partial charge in [0.15, 0.2) is 0 Å². The molecule has 0 amide bonds. The molecule has 0 radical (unpaired) electrons. The zero-order valence-corrected chi connectivity index (χ0v) is 12.3. The van der Waals surface area contributed by atoms with Crippen molar-refractivity contribution in [2.75, 3.05) is 19.6 Å². The Morgan fingerprint density at radius 2 is 1.95 bits per heavy atom. The number of likely N-dealkylation sites (tertiary alicyclic amines) is 1. The van der Waals surface area contributed by atoms with Crippen molar-refractivity contribution in [3.63, 3.8) is 0 Å². The molecule has 1 unspecified atom stereocenters. The summed E-state index contributed by atoms with van der Waals surface area (Å²) in [7, 11) is 0. The van der Waals surface area contributed by atoms with Gasteiger partial charge in [-0.1, -0.05) is 37.6 Å². The first kappa shape index (κ1) is 14.5. The van der Waals surface area contributed by atoms with Crippen LogP contribution in [0.25, 0.3) is 0 Å². The summed E-state index contributed by atoms with van der Waals surface area (Å²) in [4.78, 5) is 2.64. The monoisotopic (exact) mass is 260 g/mol. The lowest BCUT2D eigenvalue weighted by atomic mass is 9.98. The van der Waals surface area contributed by atoms with E-state index in [4.69, 9.17) is 5.73 Å². The van der Waals surface area contributed by atoms with Gasteiger partial charge < -0.3 is 10.6 Å². The minimum absolute atomic E-state index is 0.661. The van der Waals surface area contributed by atoms with Gasteiger partial charge in [-0.3, -0.25) is 0 Å². The first-order chi connectivity index (χ1) is 9.33. The van der Waals surface area contributed by atoms with Crippen LogP contribution in [0.15, 0.2) is 24.3 Å². The van der Waals surface area contributed by atoms with Gasteiger partial charge in [0.2, 0.25) is 0 Å². The molecular weight excluding hydrogens is 232 g/mol. The van der Waals surface area contributed by atoms with Crippen LogP contribution in [0.3, 0.4) is 0 Å². The fourth-order valence-corrected chi connectivity index (χ4v) is 3.14. The van der Waals surface area contributed by atoms with Crippen LogP contribution in [0.1, 0.15) is 43.7 Å². The molecule has 1 fully saturated rings. The van der Waals surface area contributed by atoms with Gasteiger partial charge in [0.25, 0.3) is 0 Å². The highest BCUT2D eigenvalue weighted by Crippen LogP contribution is 2.20. The summed E-state index contributed by atoms with van der Waals surface area (Å²) in [5.74, 6) is 0.960. The second-order valence-electron chi connectivity index (χ2n) is 5.77.